The molecule has 0 radical (unpaired) electrons. The average molecular weight is 543 g/mol. The van der Waals surface area contributed by atoms with E-state index in [1.807, 2.05) is 44.4 Å². The number of benzene rings is 3. The Morgan fingerprint density at radius 3 is 2.49 bits per heavy atom. The van der Waals surface area contributed by atoms with E-state index in [0.717, 1.165) is 40.6 Å². The third kappa shape index (κ3) is 4.68. The zero-order valence-corrected chi connectivity index (χ0v) is 22.4. The number of aromatic hydroxyl groups is 1. The highest BCUT2D eigenvalue weighted by Crippen LogP contribution is 2.38. The first-order valence-electron chi connectivity index (χ1n) is 12.6. The number of carbonyl (C=O) groups excluding carboxylic acids is 1. The van der Waals surface area contributed by atoms with Gasteiger partial charge in [-0.15, -0.1) is 0 Å². The number of carbonyl (C=O) groups is 1. The van der Waals surface area contributed by atoms with Gasteiger partial charge in [0.25, 0.3) is 5.91 Å². The number of aryl methyl sites for hydroxylation is 1. The number of fused-ring (bicyclic) bond motifs is 3. The number of phenolic OH excluding ortho intramolecular Hbond substituents is 1. The molecule has 0 saturated heterocycles. The van der Waals surface area contributed by atoms with E-state index in [1.165, 1.54) is 0 Å². The molecule has 0 bridgehead atoms. The van der Waals surface area contributed by atoms with Gasteiger partial charge >= 0.3 is 0 Å². The average Bonchev–Trinajstić information content (AvgIpc) is 3.63. The van der Waals surface area contributed by atoms with Crippen molar-refractivity contribution in [3.8, 4) is 28.5 Å². The van der Waals surface area contributed by atoms with E-state index in [4.69, 9.17) is 16.6 Å². The molecule has 1 amide bonds. The number of rotatable bonds is 7. The summed E-state index contributed by atoms with van der Waals surface area (Å²) in [6, 6.07) is 12.9. The summed E-state index contributed by atoms with van der Waals surface area (Å²) >= 11 is 6.44. The Morgan fingerprint density at radius 2 is 1.69 bits per heavy atom. The number of H-pyrrole nitrogens is 3. The molecule has 0 aliphatic heterocycles. The minimum atomic E-state index is -0.106. The number of hydrogen-bond donors (Lipinski definition) is 5. The predicted molar refractivity (Wildman–Crippen MR) is 153 cm³/mol. The van der Waals surface area contributed by atoms with Crippen LogP contribution in [-0.4, -0.2) is 73.0 Å². The highest BCUT2D eigenvalue weighted by molar-refractivity contribution is 6.35. The quantitative estimate of drug-likeness (QED) is 0.180. The molecule has 0 fully saturated rings. The minimum absolute atomic E-state index is 0.0316. The lowest BCUT2D eigenvalue weighted by molar-refractivity contribution is 0.0952. The summed E-state index contributed by atoms with van der Waals surface area (Å²) in [4.78, 5) is 38.1. The summed E-state index contributed by atoms with van der Waals surface area (Å²) in [7, 11) is 4.02. The smallest absolute Gasteiger partial charge is 0.251 e. The lowest BCUT2D eigenvalue weighted by Gasteiger charge is -2.09. The number of nitrogens with zero attached hydrogens (tertiary/aromatic N) is 4. The molecule has 6 aromatic rings. The normalized spacial score (nSPS) is 11.8. The van der Waals surface area contributed by atoms with Crippen molar-refractivity contribution in [3.63, 3.8) is 0 Å². The van der Waals surface area contributed by atoms with Gasteiger partial charge in [-0.25, -0.2) is 15.0 Å². The molecule has 198 valence electrons. The van der Waals surface area contributed by atoms with Gasteiger partial charge in [-0.3, -0.25) is 4.79 Å². The van der Waals surface area contributed by atoms with Gasteiger partial charge in [0.15, 0.2) is 5.75 Å². The summed E-state index contributed by atoms with van der Waals surface area (Å²) in [5.74, 6) is 1.75. The molecule has 0 unspecified atom stereocenters. The summed E-state index contributed by atoms with van der Waals surface area (Å²) in [6.45, 7) is 3.34. The van der Waals surface area contributed by atoms with Crippen molar-refractivity contribution >= 4 is 50.6 Å². The van der Waals surface area contributed by atoms with Gasteiger partial charge in [0.1, 0.15) is 28.5 Å². The van der Waals surface area contributed by atoms with Gasteiger partial charge in [-0.2, -0.15) is 0 Å². The van der Waals surface area contributed by atoms with Crippen molar-refractivity contribution in [2.75, 3.05) is 27.2 Å². The van der Waals surface area contributed by atoms with E-state index in [0.29, 0.717) is 51.2 Å². The van der Waals surface area contributed by atoms with Crippen LogP contribution in [0.1, 0.15) is 22.6 Å². The first-order valence-corrected chi connectivity index (χ1v) is 13.0. The molecule has 0 atom stereocenters. The lowest BCUT2D eigenvalue weighted by Crippen LogP contribution is -2.27. The molecular weight excluding hydrogens is 516 g/mol. The second-order valence-corrected chi connectivity index (χ2v) is 10.3. The van der Waals surface area contributed by atoms with E-state index in [2.05, 4.69) is 35.1 Å². The number of imidazole rings is 3. The molecule has 0 aliphatic rings. The zero-order valence-electron chi connectivity index (χ0n) is 21.7. The molecule has 10 nitrogen and oxygen atoms in total. The largest absolute Gasteiger partial charge is 0.505 e. The minimum Gasteiger partial charge on any atom is -0.505 e. The summed E-state index contributed by atoms with van der Waals surface area (Å²) in [6.07, 6.45) is 0.886. The molecular formula is C28H27ClN8O2. The fraction of sp³-hybridized carbons (Fsp3) is 0.214. The molecule has 11 heteroatoms. The van der Waals surface area contributed by atoms with Gasteiger partial charge < -0.3 is 30.3 Å². The number of amides is 1. The first-order chi connectivity index (χ1) is 18.8. The van der Waals surface area contributed by atoms with Crippen LogP contribution in [-0.2, 0) is 0 Å². The van der Waals surface area contributed by atoms with Crippen LogP contribution in [0.5, 0.6) is 5.75 Å². The maximum Gasteiger partial charge on any atom is 0.251 e. The number of aromatic amines is 3. The van der Waals surface area contributed by atoms with Crippen molar-refractivity contribution in [1.82, 2.24) is 40.1 Å². The molecule has 3 aromatic heterocycles. The van der Waals surface area contributed by atoms with E-state index in [1.54, 1.807) is 19.1 Å². The SMILES string of the molecule is Cc1nc2c(Cl)cc(-c3nc4ccc(-c5nc6ccc(C(=O)NCCCN(C)C)cc6[nH]5)cc4[nH]3)c(O)c2[nH]1. The van der Waals surface area contributed by atoms with Crippen molar-refractivity contribution in [3.05, 3.63) is 58.9 Å². The summed E-state index contributed by atoms with van der Waals surface area (Å²) in [5.41, 5.74) is 5.95. The Labute approximate surface area is 228 Å². The molecule has 6 rings (SSSR count). The molecule has 39 heavy (non-hydrogen) atoms. The molecule has 5 N–H and O–H groups in total. The van der Waals surface area contributed by atoms with Crippen LogP contribution in [0.25, 0.3) is 55.9 Å². The third-order valence-corrected chi connectivity index (χ3v) is 6.92. The Morgan fingerprint density at radius 1 is 0.974 bits per heavy atom. The van der Waals surface area contributed by atoms with Gasteiger partial charge in [-0.1, -0.05) is 11.6 Å². The van der Waals surface area contributed by atoms with Crippen molar-refractivity contribution in [2.24, 2.45) is 0 Å². The summed E-state index contributed by atoms with van der Waals surface area (Å²) in [5, 5.41) is 14.3. The van der Waals surface area contributed by atoms with E-state index in [-0.39, 0.29) is 11.7 Å². The zero-order chi connectivity index (χ0) is 27.3. The van der Waals surface area contributed by atoms with Crippen LogP contribution >= 0.6 is 11.6 Å². The van der Waals surface area contributed by atoms with Gasteiger partial charge in [0.2, 0.25) is 0 Å². The Balaban J connectivity index is 1.28. The molecule has 0 aliphatic carbocycles. The fourth-order valence-electron chi connectivity index (χ4n) is 4.69. The number of halogens is 1. The van der Waals surface area contributed by atoms with E-state index < -0.39 is 0 Å². The Kier molecular flexibility index (Phi) is 6.20. The predicted octanol–water partition coefficient (Wildman–Crippen LogP) is 5.00. The second-order valence-electron chi connectivity index (χ2n) is 9.85. The van der Waals surface area contributed by atoms with Crippen LogP contribution in [0.2, 0.25) is 5.02 Å². The van der Waals surface area contributed by atoms with Gasteiger partial charge in [0, 0.05) is 17.7 Å². The Hall–Kier alpha value is -4.41. The second kappa shape index (κ2) is 9.72. The lowest BCUT2D eigenvalue weighted by atomic mass is 10.1. The van der Waals surface area contributed by atoms with Crippen LogP contribution in [0.4, 0.5) is 0 Å². The molecule has 0 spiro atoms. The number of hydrogen-bond acceptors (Lipinski definition) is 6. The van der Waals surface area contributed by atoms with Crippen LogP contribution in [0.3, 0.4) is 0 Å². The molecule has 0 saturated carbocycles. The topological polar surface area (TPSA) is 139 Å². The fourth-order valence-corrected chi connectivity index (χ4v) is 4.93. The van der Waals surface area contributed by atoms with Crippen LogP contribution in [0.15, 0.2) is 42.5 Å². The van der Waals surface area contributed by atoms with Gasteiger partial charge in [0.05, 0.1) is 32.7 Å². The van der Waals surface area contributed by atoms with Crippen molar-refractivity contribution in [2.45, 2.75) is 13.3 Å². The van der Waals surface area contributed by atoms with E-state index >= 15 is 0 Å². The highest BCUT2D eigenvalue weighted by Gasteiger charge is 2.18. The van der Waals surface area contributed by atoms with E-state index in [9.17, 15) is 9.90 Å². The maximum atomic E-state index is 12.6. The standard InChI is InChI=1S/C28H27ClN8O2/c1-14-31-23-18(29)13-17(25(38)24(23)32-14)27-34-20-7-5-15(11-21(20)36-27)26-33-19-8-6-16(12-22(19)35-26)28(39)30-9-4-10-37(2)3/h5-8,11-13,38H,4,9-10H2,1-3H3,(H,30,39)(H,31,32)(H,33,35)(H,34,36). The van der Waals surface area contributed by atoms with Gasteiger partial charge in [-0.05, 0) is 76.4 Å². The highest BCUT2D eigenvalue weighted by atomic mass is 35.5. The third-order valence-electron chi connectivity index (χ3n) is 6.63. The van der Waals surface area contributed by atoms with Crippen LogP contribution < -0.4 is 5.32 Å². The monoisotopic (exact) mass is 542 g/mol. The first kappa shape index (κ1) is 24.9. The number of nitrogens with one attached hydrogen (secondary N) is 4. The van der Waals surface area contributed by atoms with Crippen molar-refractivity contribution in [1.29, 1.82) is 0 Å². The molecule has 3 heterocycles. The van der Waals surface area contributed by atoms with Crippen molar-refractivity contribution < 1.29 is 9.90 Å². The molecule has 3 aromatic carbocycles. The van der Waals surface area contributed by atoms with Crippen LogP contribution in [0, 0.1) is 6.92 Å². The Bertz CT molecular complexity index is 1870. The summed E-state index contributed by atoms with van der Waals surface area (Å²) < 4.78 is 0. The number of aromatic nitrogens is 6. The number of phenols is 1. The maximum absolute atomic E-state index is 12.6.